The Balaban J connectivity index is 1.72. The minimum atomic E-state index is 0.209. The first-order valence-electron chi connectivity index (χ1n) is 10.2. The maximum absolute atomic E-state index is 12.4. The lowest BCUT2D eigenvalue weighted by molar-refractivity contribution is -0.142. The highest BCUT2D eigenvalue weighted by atomic mass is 16.2. The Morgan fingerprint density at radius 3 is 2.67 bits per heavy atom. The van der Waals surface area contributed by atoms with Gasteiger partial charge in [0.2, 0.25) is 5.91 Å². The lowest BCUT2D eigenvalue weighted by atomic mass is 9.47. The molecule has 0 radical (unpaired) electrons. The topological polar surface area (TPSA) is 46.3 Å². The van der Waals surface area contributed by atoms with Gasteiger partial charge in [-0.05, 0) is 81.1 Å². The molecule has 134 valence electrons. The van der Waals surface area contributed by atoms with Gasteiger partial charge in [0.05, 0.1) is 0 Å². The molecule has 0 saturated heterocycles. The van der Waals surface area contributed by atoms with Crippen molar-refractivity contribution < 1.29 is 4.79 Å². The van der Waals surface area contributed by atoms with Crippen LogP contribution >= 0.6 is 0 Å². The van der Waals surface area contributed by atoms with Crippen LogP contribution in [0.2, 0.25) is 0 Å². The number of carbonyl (C=O) groups excluding carboxylic acids is 1. The second kappa shape index (κ2) is 5.59. The second-order valence-corrected chi connectivity index (χ2v) is 9.12. The Kier molecular flexibility index (Phi) is 3.87. The van der Waals surface area contributed by atoms with E-state index in [-0.39, 0.29) is 11.3 Å². The number of rotatable bonds is 2. The van der Waals surface area contributed by atoms with E-state index in [9.17, 15) is 4.79 Å². The Morgan fingerprint density at radius 2 is 1.96 bits per heavy atom. The van der Waals surface area contributed by atoms with Crippen molar-refractivity contribution in [3.05, 3.63) is 12.2 Å². The molecular weight excluding hydrogens is 296 g/mol. The Bertz CT molecular complexity index is 558. The molecule has 3 saturated carbocycles. The summed E-state index contributed by atoms with van der Waals surface area (Å²) in [5.41, 5.74) is 7.11. The first kappa shape index (κ1) is 16.6. The van der Waals surface area contributed by atoms with Crippen LogP contribution in [0.1, 0.15) is 65.7 Å². The number of carbonyl (C=O) groups is 1. The van der Waals surface area contributed by atoms with Crippen molar-refractivity contribution >= 4 is 5.91 Å². The van der Waals surface area contributed by atoms with E-state index >= 15 is 0 Å². The number of likely N-dealkylation sites (N-methyl/N-ethyl adjacent to an activating group) is 1. The monoisotopic (exact) mass is 330 g/mol. The van der Waals surface area contributed by atoms with Gasteiger partial charge in [0.1, 0.15) is 0 Å². The van der Waals surface area contributed by atoms with Gasteiger partial charge < -0.3 is 10.6 Å². The van der Waals surface area contributed by atoms with E-state index in [1.165, 1.54) is 38.5 Å². The van der Waals surface area contributed by atoms with Crippen LogP contribution in [0.15, 0.2) is 12.2 Å². The fourth-order valence-electron chi connectivity index (χ4n) is 7.41. The van der Waals surface area contributed by atoms with Crippen LogP contribution < -0.4 is 5.73 Å². The summed E-state index contributed by atoms with van der Waals surface area (Å²) in [6.07, 6.45) is 13.0. The molecule has 2 N–H and O–H groups in total. The minimum Gasteiger partial charge on any atom is -0.336 e. The van der Waals surface area contributed by atoms with Gasteiger partial charge in [-0.15, -0.1) is 0 Å². The molecule has 3 heteroatoms. The first-order chi connectivity index (χ1) is 11.5. The summed E-state index contributed by atoms with van der Waals surface area (Å²) in [5.74, 6) is 2.58. The van der Waals surface area contributed by atoms with Crippen molar-refractivity contribution in [2.45, 2.75) is 77.8 Å². The fraction of sp³-hybridized carbons (Fsp3) is 0.857. The molecule has 3 fully saturated rings. The van der Waals surface area contributed by atoms with E-state index in [0.29, 0.717) is 17.5 Å². The van der Waals surface area contributed by atoms with E-state index in [0.717, 1.165) is 30.7 Å². The SMILES string of the molecule is CCN1C(=O)C=C[C@]2(CC)[C@H]3CC[C@]4(C)[C@@H](N)CC[C@H]4[C@@H]3CC[C@@H]12. The summed E-state index contributed by atoms with van der Waals surface area (Å²) in [4.78, 5) is 14.6. The van der Waals surface area contributed by atoms with Gasteiger partial charge in [0.15, 0.2) is 0 Å². The largest absolute Gasteiger partial charge is 0.336 e. The van der Waals surface area contributed by atoms with Crippen molar-refractivity contribution in [2.24, 2.45) is 34.3 Å². The number of hydrogen-bond acceptors (Lipinski definition) is 2. The van der Waals surface area contributed by atoms with Crippen molar-refractivity contribution in [1.29, 1.82) is 0 Å². The Labute approximate surface area is 147 Å². The predicted octanol–water partition coefficient (Wildman–Crippen LogP) is 3.73. The fourth-order valence-corrected chi connectivity index (χ4v) is 7.41. The van der Waals surface area contributed by atoms with Crippen LogP contribution in [-0.4, -0.2) is 29.4 Å². The van der Waals surface area contributed by atoms with Gasteiger partial charge in [-0.2, -0.15) is 0 Å². The number of fused-ring (bicyclic) bond motifs is 5. The van der Waals surface area contributed by atoms with Crippen molar-refractivity contribution in [1.82, 2.24) is 4.90 Å². The van der Waals surface area contributed by atoms with Crippen LogP contribution in [0, 0.1) is 28.6 Å². The third kappa shape index (κ3) is 1.97. The average molecular weight is 331 g/mol. The third-order valence-electron chi connectivity index (χ3n) is 8.74. The van der Waals surface area contributed by atoms with Gasteiger partial charge in [0.25, 0.3) is 0 Å². The van der Waals surface area contributed by atoms with Crippen LogP contribution in [-0.2, 0) is 4.79 Å². The van der Waals surface area contributed by atoms with Crippen LogP contribution in [0.25, 0.3) is 0 Å². The molecule has 0 aromatic carbocycles. The normalized spacial score (nSPS) is 50.4. The lowest BCUT2D eigenvalue weighted by Crippen LogP contribution is -2.61. The molecule has 0 aromatic heterocycles. The molecule has 0 bridgehead atoms. The summed E-state index contributed by atoms with van der Waals surface area (Å²) < 4.78 is 0. The molecule has 0 spiro atoms. The maximum Gasteiger partial charge on any atom is 0.246 e. The van der Waals surface area contributed by atoms with Crippen molar-refractivity contribution in [3.8, 4) is 0 Å². The standard InChI is InChI=1S/C21H34N2O/c1-4-21-13-11-19(24)23(5-2)18(21)9-6-14-15-7-8-17(22)20(15,3)12-10-16(14)21/h11,13-18H,4-10,12,22H2,1-3H3/t14-,15-,16-,17-,18+,20-,21+/m0/s1. The third-order valence-corrected chi connectivity index (χ3v) is 8.74. The number of nitrogens with zero attached hydrogens (tertiary/aromatic N) is 1. The van der Waals surface area contributed by atoms with E-state index in [1.54, 1.807) is 0 Å². The zero-order valence-electron chi connectivity index (χ0n) is 15.6. The first-order valence-corrected chi connectivity index (χ1v) is 10.2. The summed E-state index contributed by atoms with van der Waals surface area (Å²) in [6.45, 7) is 7.79. The molecule has 4 aliphatic rings. The quantitative estimate of drug-likeness (QED) is 0.838. The minimum absolute atomic E-state index is 0.209. The van der Waals surface area contributed by atoms with E-state index < -0.39 is 0 Å². The lowest BCUT2D eigenvalue weighted by Gasteiger charge is -2.61. The molecule has 3 aliphatic carbocycles. The number of nitrogens with two attached hydrogens (primary N) is 1. The van der Waals surface area contributed by atoms with Crippen LogP contribution in [0.5, 0.6) is 0 Å². The molecule has 1 aliphatic heterocycles. The summed E-state index contributed by atoms with van der Waals surface area (Å²) in [7, 11) is 0. The molecule has 4 rings (SSSR count). The maximum atomic E-state index is 12.4. The summed E-state index contributed by atoms with van der Waals surface area (Å²) in [6, 6.07) is 0.819. The van der Waals surface area contributed by atoms with E-state index in [1.807, 2.05) is 6.08 Å². The van der Waals surface area contributed by atoms with E-state index in [4.69, 9.17) is 5.73 Å². The van der Waals surface area contributed by atoms with Crippen LogP contribution in [0.3, 0.4) is 0 Å². The molecule has 1 amide bonds. The average Bonchev–Trinajstić information content (AvgIpc) is 2.90. The smallest absolute Gasteiger partial charge is 0.246 e. The van der Waals surface area contributed by atoms with Crippen molar-refractivity contribution in [3.63, 3.8) is 0 Å². The number of amides is 1. The van der Waals surface area contributed by atoms with Gasteiger partial charge in [-0.25, -0.2) is 0 Å². The predicted molar refractivity (Wildman–Crippen MR) is 97.3 cm³/mol. The zero-order chi connectivity index (χ0) is 17.1. The molecule has 1 heterocycles. The molecule has 7 atom stereocenters. The highest BCUT2D eigenvalue weighted by Gasteiger charge is 2.60. The van der Waals surface area contributed by atoms with Crippen LogP contribution in [0.4, 0.5) is 0 Å². The molecule has 0 aromatic rings. The van der Waals surface area contributed by atoms with Gasteiger partial charge in [-0.1, -0.05) is 19.9 Å². The number of hydrogen-bond donors (Lipinski definition) is 1. The highest BCUT2D eigenvalue weighted by molar-refractivity contribution is 5.89. The van der Waals surface area contributed by atoms with Crippen molar-refractivity contribution in [2.75, 3.05) is 6.54 Å². The second-order valence-electron chi connectivity index (χ2n) is 9.12. The summed E-state index contributed by atoms with van der Waals surface area (Å²) in [5, 5.41) is 0. The Morgan fingerprint density at radius 1 is 1.17 bits per heavy atom. The van der Waals surface area contributed by atoms with Gasteiger partial charge in [-0.3, -0.25) is 4.79 Å². The van der Waals surface area contributed by atoms with E-state index in [2.05, 4.69) is 31.7 Å². The Hall–Kier alpha value is -0.830. The highest BCUT2D eigenvalue weighted by Crippen LogP contribution is 2.64. The molecule has 24 heavy (non-hydrogen) atoms. The molecule has 3 nitrogen and oxygen atoms in total. The zero-order valence-corrected chi connectivity index (χ0v) is 15.6. The van der Waals surface area contributed by atoms with Gasteiger partial charge in [0, 0.05) is 24.0 Å². The molecular formula is C21H34N2O. The molecule has 0 unspecified atom stereocenters. The summed E-state index contributed by atoms with van der Waals surface area (Å²) >= 11 is 0. The van der Waals surface area contributed by atoms with Gasteiger partial charge >= 0.3 is 0 Å².